The summed E-state index contributed by atoms with van der Waals surface area (Å²) in [5.41, 5.74) is 0.0383. The molecule has 4 bridgehead atoms. The molecule has 5 fully saturated rings. The van der Waals surface area contributed by atoms with Gasteiger partial charge in [0.1, 0.15) is 0 Å². The lowest BCUT2D eigenvalue weighted by Gasteiger charge is -2.56. The molecule has 5 aliphatic rings. The van der Waals surface area contributed by atoms with E-state index in [0.29, 0.717) is 13.0 Å². The van der Waals surface area contributed by atoms with E-state index < -0.39 is 0 Å². The van der Waals surface area contributed by atoms with Crippen molar-refractivity contribution in [3.63, 3.8) is 0 Å². The maximum atomic E-state index is 12.3. The maximum Gasteiger partial charge on any atom is 0.315 e. The highest BCUT2D eigenvalue weighted by atomic mass is 16.2. The molecule has 24 heavy (non-hydrogen) atoms. The second-order valence-corrected chi connectivity index (χ2v) is 8.59. The summed E-state index contributed by atoms with van der Waals surface area (Å²) >= 11 is 0. The molecule has 1 unspecified atom stereocenters. The van der Waals surface area contributed by atoms with Crippen molar-refractivity contribution >= 4 is 11.9 Å². The van der Waals surface area contributed by atoms with Gasteiger partial charge in [0, 0.05) is 31.1 Å². The van der Waals surface area contributed by atoms with Crippen molar-refractivity contribution in [1.82, 2.24) is 21.3 Å². The zero-order valence-electron chi connectivity index (χ0n) is 14.4. The Morgan fingerprint density at radius 3 is 2.29 bits per heavy atom. The Bertz CT molecular complexity index is 466. The van der Waals surface area contributed by atoms with Crippen LogP contribution in [-0.4, -0.2) is 43.2 Å². The first-order valence-corrected chi connectivity index (χ1v) is 9.66. The molecule has 4 N–H and O–H groups in total. The number of hydrogen-bond acceptors (Lipinski definition) is 3. The lowest BCUT2D eigenvalue weighted by Crippen LogP contribution is -2.61. The van der Waals surface area contributed by atoms with E-state index in [9.17, 15) is 9.59 Å². The Morgan fingerprint density at radius 2 is 1.71 bits per heavy atom. The predicted molar refractivity (Wildman–Crippen MR) is 91.5 cm³/mol. The van der Waals surface area contributed by atoms with Crippen LogP contribution in [0, 0.1) is 17.8 Å². The van der Waals surface area contributed by atoms with Crippen molar-refractivity contribution in [2.24, 2.45) is 17.8 Å². The molecule has 6 nitrogen and oxygen atoms in total. The predicted octanol–water partition coefficient (Wildman–Crippen LogP) is 1.12. The van der Waals surface area contributed by atoms with Gasteiger partial charge >= 0.3 is 6.03 Å². The lowest BCUT2D eigenvalue weighted by molar-refractivity contribution is -0.121. The molecule has 4 aliphatic carbocycles. The molecule has 0 aromatic carbocycles. The van der Waals surface area contributed by atoms with Gasteiger partial charge in [0.2, 0.25) is 5.91 Å². The molecule has 1 saturated heterocycles. The third-order valence-corrected chi connectivity index (χ3v) is 6.48. The fourth-order valence-electron chi connectivity index (χ4n) is 5.92. The Balaban J connectivity index is 1.19. The van der Waals surface area contributed by atoms with Crippen molar-refractivity contribution in [3.05, 3.63) is 0 Å². The van der Waals surface area contributed by atoms with E-state index in [0.717, 1.165) is 56.5 Å². The van der Waals surface area contributed by atoms with Gasteiger partial charge in [-0.15, -0.1) is 0 Å². The highest BCUT2D eigenvalue weighted by Gasteiger charge is 2.51. The minimum atomic E-state index is -0.0905. The first-order valence-electron chi connectivity index (χ1n) is 9.66. The molecule has 3 amide bonds. The molecule has 5 rings (SSSR count). The van der Waals surface area contributed by atoms with Gasteiger partial charge in [-0.1, -0.05) is 0 Å². The van der Waals surface area contributed by atoms with Gasteiger partial charge in [0.05, 0.1) is 0 Å². The van der Waals surface area contributed by atoms with Gasteiger partial charge < -0.3 is 21.3 Å². The largest absolute Gasteiger partial charge is 0.352 e. The molecule has 4 saturated carbocycles. The van der Waals surface area contributed by atoms with Crippen LogP contribution in [0.5, 0.6) is 0 Å². The first kappa shape index (κ1) is 16.2. The third kappa shape index (κ3) is 3.53. The monoisotopic (exact) mass is 334 g/mol. The Hall–Kier alpha value is -1.30. The smallest absolute Gasteiger partial charge is 0.315 e. The second kappa shape index (κ2) is 6.54. The molecule has 134 valence electrons. The Kier molecular flexibility index (Phi) is 4.41. The van der Waals surface area contributed by atoms with Crippen LogP contribution < -0.4 is 21.3 Å². The van der Waals surface area contributed by atoms with Crippen LogP contribution in [0.2, 0.25) is 0 Å². The van der Waals surface area contributed by atoms with Crippen LogP contribution in [-0.2, 0) is 4.79 Å². The minimum Gasteiger partial charge on any atom is -0.352 e. The summed E-state index contributed by atoms with van der Waals surface area (Å²) in [6, 6.07) is 0.158. The Morgan fingerprint density at radius 1 is 1.04 bits per heavy atom. The third-order valence-electron chi connectivity index (χ3n) is 6.48. The summed E-state index contributed by atoms with van der Waals surface area (Å²) in [6.07, 6.45) is 8.93. The van der Waals surface area contributed by atoms with Crippen LogP contribution in [0.25, 0.3) is 0 Å². The fraction of sp³-hybridized carbons (Fsp3) is 0.889. The summed E-state index contributed by atoms with van der Waals surface area (Å²) < 4.78 is 0. The van der Waals surface area contributed by atoms with Crippen molar-refractivity contribution in [3.8, 4) is 0 Å². The van der Waals surface area contributed by atoms with Gasteiger partial charge in [-0.05, 0) is 69.2 Å². The van der Waals surface area contributed by atoms with Gasteiger partial charge in [-0.3, -0.25) is 4.79 Å². The van der Waals surface area contributed by atoms with Crippen molar-refractivity contribution in [2.75, 3.05) is 19.6 Å². The van der Waals surface area contributed by atoms with Crippen LogP contribution in [0.4, 0.5) is 4.79 Å². The quantitative estimate of drug-likeness (QED) is 0.608. The van der Waals surface area contributed by atoms with Gasteiger partial charge in [-0.2, -0.15) is 0 Å². The molecule has 0 aromatic heterocycles. The molecular weight excluding hydrogens is 304 g/mol. The van der Waals surface area contributed by atoms with E-state index in [1.165, 1.54) is 19.3 Å². The molecule has 1 atom stereocenters. The average Bonchev–Trinajstić information content (AvgIpc) is 2.97. The number of rotatable bonds is 5. The molecule has 1 aliphatic heterocycles. The molecule has 0 spiro atoms. The van der Waals surface area contributed by atoms with Crippen LogP contribution >= 0.6 is 0 Å². The second-order valence-electron chi connectivity index (χ2n) is 8.59. The summed E-state index contributed by atoms with van der Waals surface area (Å²) in [5, 5.41) is 12.4. The van der Waals surface area contributed by atoms with E-state index in [1.807, 2.05) is 0 Å². The van der Waals surface area contributed by atoms with E-state index >= 15 is 0 Å². The van der Waals surface area contributed by atoms with E-state index in [-0.39, 0.29) is 23.5 Å². The van der Waals surface area contributed by atoms with Crippen LogP contribution in [0.3, 0.4) is 0 Å². The number of carbonyl (C=O) groups excluding carboxylic acids is 2. The summed E-state index contributed by atoms with van der Waals surface area (Å²) in [5.74, 6) is 2.49. The maximum absolute atomic E-state index is 12.3. The average molecular weight is 334 g/mol. The summed E-state index contributed by atoms with van der Waals surface area (Å²) in [4.78, 5) is 24.2. The molecule has 1 heterocycles. The highest BCUT2D eigenvalue weighted by Crippen LogP contribution is 2.55. The number of urea groups is 1. The van der Waals surface area contributed by atoms with Gasteiger partial charge in [0.15, 0.2) is 0 Å². The zero-order chi connectivity index (χ0) is 16.6. The van der Waals surface area contributed by atoms with Gasteiger partial charge in [-0.25, -0.2) is 4.79 Å². The minimum absolute atomic E-state index is 0.0267. The number of nitrogens with one attached hydrogen (secondary N) is 4. The first-order chi connectivity index (χ1) is 11.6. The Labute approximate surface area is 143 Å². The van der Waals surface area contributed by atoms with E-state index in [4.69, 9.17) is 0 Å². The SMILES string of the molecule is O=C(CCNC(=O)NC12CC3CC(CC(C3)C1)C2)NC1CCNC1. The molecule has 0 radical (unpaired) electrons. The molecule has 0 aromatic rings. The van der Waals surface area contributed by atoms with Gasteiger partial charge in [0.25, 0.3) is 0 Å². The van der Waals surface area contributed by atoms with E-state index in [1.54, 1.807) is 0 Å². The number of carbonyl (C=O) groups is 2. The standard InChI is InChI=1S/C18H30N4O2/c23-16(21-15-1-3-19-11-15)2-4-20-17(24)22-18-8-12-5-13(9-18)7-14(6-12)10-18/h12-15,19H,1-11H2,(H,21,23)(H2,20,22,24). The number of amides is 3. The lowest BCUT2D eigenvalue weighted by atomic mass is 9.53. The summed E-state index contributed by atoms with van der Waals surface area (Å²) in [6.45, 7) is 2.23. The zero-order valence-corrected chi connectivity index (χ0v) is 14.4. The van der Waals surface area contributed by atoms with Crippen molar-refractivity contribution < 1.29 is 9.59 Å². The normalized spacial score (nSPS) is 39.7. The number of hydrogen-bond donors (Lipinski definition) is 4. The topological polar surface area (TPSA) is 82.3 Å². The molecular formula is C18H30N4O2. The highest BCUT2D eigenvalue weighted by molar-refractivity contribution is 5.78. The van der Waals surface area contributed by atoms with Crippen molar-refractivity contribution in [1.29, 1.82) is 0 Å². The van der Waals surface area contributed by atoms with Crippen LogP contribution in [0.1, 0.15) is 51.4 Å². The summed E-state index contributed by atoms with van der Waals surface area (Å²) in [7, 11) is 0. The van der Waals surface area contributed by atoms with Crippen molar-refractivity contribution in [2.45, 2.75) is 62.9 Å². The van der Waals surface area contributed by atoms with Crippen LogP contribution in [0.15, 0.2) is 0 Å². The van der Waals surface area contributed by atoms with E-state index in [2.05, 4.69) is 21.3 Å². The molecule has 6 heteroatoms. The fourth-order valence-corrected chi connectivity index (χ4v) is 5.92.